The minimum Gasteiger partial charge on any atom is -0.363 e. The quantitative estimate of drug-likeness (QED) is 0.766. The molecule has 6 nitrogen and oxygen atoms in total. The van der Waals surface area contributed by atoms with Crippen molar-refractivity contribution in [2.75, 3.05) is 50.1 Å². The summed E-state index contributed by atoms with van der Waals surface area (Å²) in [5.41, 5.74) is 0.357. The summed E-state index contributed by atoms with van der Waals surface area (Å²) in [5, 5.41) is 0. The van der Waals surface area contributed by atoms with Crippen LogP contribution in [0.3, 0.4) is 0 Å². The Balaban J connectivity index is 1.72. The average Bonchev–Trinajstić information content (AvgIpc) is 2.65. The largest absolute Gasteiger partial charge is 0.363 e. The van der Waals surface area contributed by atoms with Crippen LogP contribution in [0.4, 0.5) is 24.9 Å². The van der Waals surface area contributed by atoms with E-state index in [-0.39, 0.29) is 0 Å². The molecule has 2 heterocycles. The van der Waals surface area contributed by atoms with Gasteiger partial charge in [-0.3, -0.25) is 4.79 Å². The van der Waals surface area contributed by atoms with Gasteiger partial charge in [0.2, 0.25) is 5.95 Å². The third-order valence-corrected chi connectivity index (χ3v) is 4.40. The highest BCUT2D eigenvalue weighted by atomic mass is 19.2. The van der Waals surface area contributed by atoms with E-state index in [1.807, 2.05) is 36.9 Å². The zero-order valence-electron chi connectivity index (χ0n) is 15.3. The highest BCUT2D eigenvalue weighted by Gasteiger charge is 2.27. The molecule has 27 heavy (non-hydrogen) atoms. The van der Waals surface area contributed by atoms with Crippen LogP contribution in [-0.4, -0.2) is 61.0 Å². The number of aryl methyl sites for hydroxylation is 1. The van der Waals surface area contributed by atoms with Crippen molar-refractivity contribution in [2.24, 2.45) is 0 Å². The molecular weight excluding hydrogens is 359 g/mol. The Kier molecular flexibility index (Phi) is 5.20. The second kappa shape index (κ2) is 7.42. The molecule has 144 valence electrons. The Hall–Kier alpha value is -2.84. The number of anilines is 2. The maximum atomic E-state index is 13.9. The van der Waals surface area contributed by atoms with Gasteiger partial charge >= 0.3 is 0 Å². The molecule has 9 heteroatoms. The number of hydrogen-bond acceptors (Lipinski definition) is 5. The van der Waals surface area contributed by atoms with Gasteiger partial charge in [-0.15, -0.1) is 0 Å². The van der Waals surface area contributed by atoms with E-state index in [1.54, 1.807) is 0 Å². The Morgan fingerprint density at radius 3 is 2.33 bits per heavy atom. The lowest BCUT2D eigenvalue weighted by atomic mass is 10.1. The van der Waals surface area contributed by atoms with E-state index in [4.69, 9.17) is 0 Å². The smallest absolute Gasteiger partial charge is 0.257 e. The SMILES string of the molecule is Cc1cc(N(C)C)nc(N2CCN(C(=O)c3ccc(F)c(F)c3F)CC2)n1. The van der Waals surface area contributed by atoms with E-state index in [9.17, 15) is 18.0 Å². The molecule has 1 fully saturated rings. The summed E-state index contributed by atoms with van der Waals surface area (Å²) in [7, 11) is 3.77. The molecule has 1 aromatic heterocycles. The van der Waals surface area contributed by atoms with Crippen molar-refractivity contribution < 1.29 is 18.0 Å². The zero-order valence-corrected chi connectivity index (χ0v) is 15.3. The summed E-state index contributed by atoms with van der Waals surface area (Å²) < 4.78 is 40.3. The lowest BCUT2D eigenvalue weighted by Crippen LogP contribution is -2.49. The van der Waals surface area contributed by atoms with Gasteiger partial charge in [-0.05, 0) is 19.1 Å². The average molecular weight is 379 g/mol. The van der Waals surface area contributed by atoms with E-state index in [1.165, 1.54) is 4.90 Å². The van der Waals surface area contributed by atoms with Gasteiger partial charge in [0.1, 0.15) is 5.82 Å². The number of carbonyl (C=O) groups excluding carboxylic acids is 1. The second-order valence-electron chi connectivity index (χ2n) is 6.56. The number of piperazine rings is 1. The first-order chi connectivity index (χ1) is 12.8. The van der Waals surface area contributed by atoms with E-state index in [0.717, 1.165) is 23.6 Å². The minimum atomic E-state index is -1.64. The first kappa shape index (κ1) is 18.9. The molecule has 0 aliphatic carbocycles. The molecule has 0 saturated carbocycles. The van der Waals surface area contributed by atoms with Gasteiger partial charge in [0.05, 0.1) is 5.56 Å². The number of halogens is 3. The Morgan fingerprint density at radius 2 is 1.70 bits per heavy atom. The fourth-order valence-corrected chi connectivity index (χ4v) is 2.88. The summed E-state index contributed by atoms with van der Waals surface area (Å²) in [6.07, 6.45) is 0. The molecule has 3 rings (SSSR count). The Labute approximate surface area is 155 Å². The molecule has 1 aliphatic rings. The zero-order chi connectivity index (χ0) is 19.7. The standard InChI is InChI=1S/C18H20F3N5O/c1-11-10-14(24(2)3)23-18(22-11)26-8-6-25(7-9-26)17(27)12-4-5-13(19)16(21)15(12)20/h4-5,10H,6-9H2,1-3H3. The van der Waals surface area contributed by atoms with Gasteiger partial charge in [0.25, 0.3) is 5.91 Å². The number of benzene rings is 1. The van der Waals surface area contributed by atoms with Gasteiger partial charge in [-0.1, -0.05) is 0 Å². The molecule has 0 atom stereocenters. The van der Waals surface area contributed by atoms with Crippen LogP contribution in [0.2, 0.25) is 0 Å². The van der Waals surface area contributed by atoms with E-state index < -0.39 is 28.9 Å². The molecular formula is C18H20F3N5O. The van der Waals surface area contributed by atoms with Crippen LogP contribution in [0, 0.1) is 24.4 Å². The van der Waals surface area contributed by atoms with Crippen molar-refractivity contribution in [3.8, 4) is 0 Å². The van der Waals surface area contributed by atoms with Gasteiger partial charge < -0.3 is 14.7 Å². The van der Waals surface area contributed by atoms with Gasteiger partial charge in [0, 0.05) is 52.0 Å². The van der Waals surface area contributed by atoms with Crippen molar-refractivity contribution in [3.63, 3.8) is 0 Å². The Morgan fingerprint density at radius 1 is 1.04 bits per heavy atom. The maximum Gasteiger partial charge on any atom is 0.257 e. The minimum absolute atomic E-state index is 0.297. The number of nitrogens with zero attached hydrogens (tertiary/aromatic N) is 5. The van der Waals surface area contributed by atoms with Crippen LogP contribution in [0.1, 0.15) is 16.1 Å². The Bertz CT molecular complexity index is 866. The number of aromatic nitrogens is 2. The molecule has 0 unspecified atom stereocenters. The molecule has 0 bridgehead atoms. The summed E-state index contributed by atoms with van der Waals surface area (Å²) in [6, 6.07) is 3.59. The molecule has 1 aliphatic heterocycles. The van der Waals surface area contributed by atoms with Gasteiger partial charge in [-0.25, -0.2) is 18.2 Å². The number of hydrogen-bond donors (Lipinski definition) is 0. The fraction of sp³-hybridized carbons (Fsp3) is 0.389. The lowest BCUT2D eigenvalue weighted by Gasteiger charge is -2.35. The molecule has 0 N–H and O–H groups in total. The first-order valence-corrected chi connectivity index (χ1v) is 8.48. The highest BCUT2D eigenvalue weighted by Crippen LogP contribution is 2.20. The predicted molar refractivity (Wildman–Crippen MR) is 95.5 cm³/mol. The molecule has 1 aromatic carbocycles. The normalized spacial score (nSPS) is 14.4. The number of amides is 1. The van der Waals surface area contributed by atoms with Crippen LogP contribution >= 0.6 is 0 Å². The fourth-order valence-electron chi connectivity index (χ4n) is 2.88. The second-order valence-corrected chi connectivity index (χ2v) is 6.56. The molecule has 0 spiro atoms. The highest BCUT2D eigenvalue weighted by molar-refractivity contribution is 5.94. The molecule has 0 radical (unpaired) electrons. The van der Waals surface area contributed by atoms with Crippen LogP contribution in [-0.2, 0) is 0 Å². The summed E-state index contributed by atoms with van der Waals surface area (Å²) in [6.45, 7) is 3.38. The molecule has 1 saturated heterocycles. The van der Waals surface area contributed by atoms with Gasteiger partial charge in [-0.2, -0.15) is 4.98 Å². The molecule has 1 amide bonds. The van der Waals surface area contributed by atoms with Crippen LogP contribution < -0.4 is 9.80 Å². The number of carbonyl (C=O) groups is 1. The van der Waals surface area contributed by atoms with Crippen molar-refractivity contribution >= 4 is 17.7 Å². The van der Waals surface area contributed by atoms with Crippen molar-refractivity contribution in [2.45, 2.75) is 6.92 Å². The van der Waals surface area contributed by atoms with Crippen molar-refractivity contribution in [1.82, 2.24) is 14.9 Å². The lowest BCUT2D eigenvalue weighted by molar-refractivity contribution is 0.0740. The summed E-state index contributed by atoms with van der Waals surface area (Å²) >= 11 is 0. The van der Waals surface area contributed by atoms with Crippen molar-refractivity contribution in [1.29, 1.82) is 0 Å². The summed E-state index contributed by atoms with van der Waals surface area (Å²) in [4.78, 5) is 26.6. The predicted octanol–water partition coefficient (Wildman–Crippen LogP) is 2.23. The third kappa shape index (κ3) is 3.81. The third-order valence-electron chi connectivity index (χ3n) is 4.40. The van der Waals surface area contributed by atoms with Gasteiger partial charge in [0.15, 0.2) is 17.5 Å². The first-order valence-electron chi connectivity index (χ1n) is 8.48. The monoisotopic (exact) mass is 379 g/mol. The maximum absolute atomic E-state index is 13.9. The van der Waals surface area contributed by atoms with E-state index in [0.29, 0.717) is 32.1 Å². The molecule has 2 aromatic rings. The van der Waals surface area contributed by atoms with Crippen LogP contribution in [0.25, 0.3) is 0 Å². The topological polar surface area (TPSA) is 52.6 Å². The van der Waals surface area contributed by atoms with Crippen molar-refractivity contribution in [3.05, 3.63) is 46.9 Å². The van der Waals surface area contributed by atoms with Crippen LogP contribution in [0.15, 0.2) is 18.2 Å². The van der Waals surface area contributed by atoms with E-state index >= 15 is 0 Å². The number of rotatable bonds is 3. The summed E-state index contributed by atoms with van der Waals surface area (Å²) in [5.74, 6) is -3.74. The van der Waals surface area contributed by atoms with Crippen LogP contribution in [0.5, 0.6) is 0 Å². The van der Waals surface area contributed by atoms with E-state index in [2.05, 4.69) is 9.97 Å².